The highest BCUT2D eigenvalue weighted by molar-refractivity contribution is 6.04. The minimum Gasteiger partial charge on any atom is -0.497 e. The Balaban J connectivity index is 1.85. The molecule has 0 radical (unpaired) electrons. The first-order chi connectivity index (χ1) is 12.6. The topological polar surface area (TPSA) is 92.2 Å². The summed E-state index contributed by atoms with van der Waals surface area (Å²) in [7, 11) is 1.58. The predicted molar refractivity (Wildman–Crippen MR) is 101 cm³/mol. The van der Waals surface area contributed by atoms with Crippen molar-refractivity contribution in [3.05, 3.63) is 74.4 Å². The normalized spacial score (nSPS) is 11.6. The van der Waals surface area contributed by atoms with Gasteiger partial charge in [0.15, 0.2) is 0 Å². The first-order valence-electron chi connectivity index (χ1n) is 8.02. The van der Waals surface area contributed by atoms with Crippen molar-refractivity contribution < 1.29 is 4.74 Å². The van der Waals surface area contributed by atoms with Crippen molar-refractivity contribution >= 4 is 28.2 Å². The van der Waals surface area contributed by atoms with Gasteiger partial charge in [0.05, 0.1) is 18.8 Å². The van der Waals surface area contributed by atoms with Crippen molar-refractivity contribution in [3.8, 4) is 5.75 Å². The van der Waals surface area contributed by atoms with Crippen LogP contribution in [0.4, 0.5) is 0 Å². The fourth-order valence-corrected chi connectivity index (χ4v) is 2.87. The third-order valence-electron chi connectivity index (χ3n) is 4.22. The van der Waals surface area contributed by atoms with E-state index in [0.717, 1.165) is 26.7 Å². The van der Waals surface area contributed by atoms with Crippen molar-refractivity contribution in [3.63, 3.8) is 0 Å². The number of hydrogen-bond acceptors (Lipinski definition) is 4. The van der Waals surface area contributed by atoms with E-state index in [2.05, 4.69) is 15.1 Å². The Morgan fingerprint density at radius 1 is 1.04 bits per heavy atom. The Labute approximate surface area is 147 Å². The molecular formula is C19H16N4O3. The fraction of sp³-hybridized carbons (Fsp3) is 0.105. The van der Waals surface area contributed by atoms with Gasteiger partial charge in [-0.1, -0.05) is 11.6 Å². The van der Waals surface area contributed by atoms with Crippen molar-refractivity contribution in [2.45, 2.75) is 6.92 Å². The van der Waals surface area contributed by atoms with Gasteiger partial charge in [-0.25, -0.2) is 4.79 Å². The summed E-state index contributed by atoms with van der Waals surface area (Å²) in [6.07, 6.45) is 1.45. The average Bonchev–Trinajstić information content (AvgIpc) is 3.00. The molecule has 4 rings (SSSR count). The minimum absolute atomic E-state index is 0.317. The number of ether oxygens (including phenoxy) is 1. The maximum absolute atomic E-state index is 12.7. The molecule has 0 amide bonds. The molecule has 0 spiro atoms. The predicted octanol–water partition coefficient (Wildman–Crippen LogP) is 2.37. The number of aromatic amines is 2. The highest BCUT2D eigenvalue weighted by Crippen LogP contribution is 2.21. The monoisotopic (exact) mass is 348 g/mol. The second kappa shape index (κ2) is 6.03. The molecule has 7 heteroatoms. The summed E-state index contributed by atoms with van der Waals surface area (Å²) in [5, 5.41) is 4.85. The number of nitrogens with one attached hydrogen (secondary N) is 2. The third-order valence-corrected chi connectivity index (χ3v) is 4.22. The number of aryl methyl sites for hydroxylation is 1. The van der Waals surface area contributed by atoms with Gasteiger partial charge >= 0.3 is 11.2 Å². The zero-order valence-electron chi connectivity index (χ0n) is 14.2. The van der Waals surface area contributed by atoms with Gasteiger partial charge in [-0.15, -0.1) is 4.68 Å². The summed E-state index contributed by atoms with van der Waals surface area (Å²) in [6.45, 7) is 1.96. The van der Waals surface area contributed by atoms with Crippen LogP contribution in [-0.4, -0.2) is 28.0 Å². The second-order valence-electron chi connectivity index (χ2n) is 5.99. The van der Waals surface area contributed by atoms with E-state index in [1.54, 1.807) is 31.4 Å². The van der Waals surface area contributed by atoms with Crippen LogP contribution in [-0.2, 0) is 0 Å². The van der Waals surface area contributed by atoms with Gasteiger partial charge in [-0.2, -0.15) is 5.10 Å². The lowest BCUT2D eigenvalue weighted by Gasteiger charge is -2.00. The Morgan fingerprint density at radius 2 is 1.81 bits per heavy atom. The standard InChI is InChI=1S/C19H16N4O3/c1-11-3-8-15-14(9-11)16-17(21-15)18(24)23(19(25)22-16)20-10-12-4-6-13(26-2)7-5-12/h3-10,21H,1-2H3,(H,22,25)/b20-10+. The molecule has 0 aliphatic carbocycles. The molecule has 130 valence electrons. The summed E-state index contributed by atoms with van der Waals surface area (Å²) in [4.78, 5) is 30.9. The number of fused-ring (bicyclic) bond motifs is 3. The molecule has 0 aliphatic heterocycles. The number of hydrogen-bond donors (Lipinski definition) is 2. The van der Waals surface area contributed by atoms with Crippen LogP contribution in [0.1, 0.15) is 11.1 Å². The molecule has 0 saturated carbocycles. The lowest BCUT2D eigenvalue weighted by Crippen LogP contribution is -2.32. The Hall–Kier alpha value is -3.61. The van der Waals surface area contributed by atoms with Crippen LogP contribution in [0.15, 0.2) is 57.2 Å². The molecule has 0 atom stereocenters. The number of H-pyrrole nitrogens is 2. The minimum atomic E-state index is -0.588. The van der Waals surface area contributed by atoms with Gasteiger partial charge in [0.1, 0.15) is 11.3 Å². The van der Waals surface area contributed by atoms with Crippen molar-refractivity contribution in [2.24, 2.45) is 5.10 Å². The van der Waals surface area contributed by atoms with E-state index in [0.29, 0.717) is 16.8 Å². The van der Waals surface area contributed by atoms with Crippen LogP contribution in [0.2, 0.25) is 0 Å². The lowest BCUT2D eigenvalue weighted by molar-refractivity contribution is 0.415. The highest BCUT2D eigenvalue weighted by Gasteiger charge is 2.12. The van der Waals surface area contributed by atoms with Crippen LogP contribution in [0, 0.1) is 6.92 Å². The summed E-state index contributed by atoms with van der Waals surface area (Å²) in [6, 6.07) is 12.9. The second-order valence-corrected chi connectivity index (χ2v) is 5.99. The lowest BCUT2D eigenvalue weighted by atomic mass is 10.2. The highest BCUT2D eigenvalue weighted by atomic mass is 16.5. The number of methoxy groups -OCH3 is 1. The first kappa shape index (κ1) is 15.9. The molecular weight excluding hydrogens is 332 g/mol. The molecule has 2 aromatic carbocycles. The number of nitrogens with zero attached hydrogens (tertiary/aromatic N) is 2. The SMILES string of the molecule is COc1ccc(/C=N/n2c(=O)[nH]c3c([nH]c4ccc(C)cc43)c2=O)cc1. The molecule has 26 heavy (non-hydrogen) atoms. The summed E-state index contributed by atoms with van der Waals surface area (Å²) >= 11 is 0. The van der Waals surface area contributed by atoms with Crippen molar-refractivity contribution in [2.75, 3.05) is 7.11 Å². The average molecular weight is 348 g/mol. The molecule has 0 bridgehead atoms. The van der Waals surface area contributed by atoms with E-state index in [9.17, 15) is 9.59 Å². The fourth-order valence-electron chi connectivity index (χ4n) is 2.87. The zero-order chi connectivity index (χ0) is 18.3. The molecule has 4 aromatic rings. The summed E-state index contributed by atoms with van der Waals surface area (Å²) in [5.41, 5.74) is 2.30. The number of aromatic nitrogens is 3. The molecule has 7 nitrogen and oxygen atoms in total. The van der Waals surface area contributed by atoms with E-state index in [4.69, 9.17) is 4.74 Å². The summed E-state index contributed by atoms with van der Waals surface area (Å²) in [5.74, 6) is 0.715. The molecule has 0 fully saturated rings. The van der Waals surface area contributed by atoms with Crippen LogP contribution in [0.25, 0.3) is 21.9 Å². The van der Waals surface area contributed by atoms with E-state index >= 15 is 0 Å². The van der Waals surface area contributed by atoms with Gasteiger partial charge < -0.3 is 14.7 Å². The molecule has 2 heterocycles. The Morgan fingerprint density at radius 3 is 2.54 bits per heavy atom. The molecule has 2 aromatic heterocycles. The van der Waals surface area contributed by atoms with E-state index < -0.39 is 11.2 Å². The maximum atomic E-state index is 12.7. The van der Waals surface area contributed by atoms with Crippen LogP contribution < -0.4 is 16.0 Å². The summed E-state index contributed by atoms with van der Waals surface area (Å²) < 4.78 is 5.91. The van der Waals surface area contributed by atoms with E-state index in [1.807, 2.05) is 25.1 Å². The van der Waals surface area contributed by atoms with Gasteiger partial charge in [0.25, 0.3) is 0 Å². The first-order valence-corrected chi connectivity index (χ1v) is 8.02. The Kier molecular flexibility index (Phi) is 3.69. The molecule has 0 saturated heterocycles. The van der Waals surface area contributed by atoms with Crippen molar-refractivity contribution in [1.82, 2.24) is 14.6 Å². The van der Waals surface area contributed by atoms with E-state index in [1.165, 1.54) is 6.21 Å². The maximum Gasteiger partial charge on any atom is 0.350 e. The molecule has 2 N–H and O–H groups in total. The largest absolute Gasteiger partial charge is 0.497 e. The van der Waals surface area contributed by atoms with Crippen molar-refractivity contribution in [1.29, 1.82) is 0 Å². The number of benzene rings is 2. The van der Waals surface area contributed by atoms with Crippen LogP contribution >= 0.6 is 0 Å². The quantitative estimate of drug-likeness (QED) is 0.557. The van der Waals surface area contributed by atoms with E-state index in [-0.39, 0.29) is 0 Å². The molecule has 0 aliphatic rings. The van der Waals surface area contributed by atoms with Gasteiger partial charge in [0.2, 0.25) is 0 Å². The zero-order valence-corrected chi connectivity index (χ0v) is 14.2. The van der Waals surface area contributed by atoms with Crippen LogP contribution in [0.3, 0.4) is 0 Å². The smallest absolute Gasteiger partial charge is 0.350 e. The Bertz CT molecular complexity index is 1260. The van der Waals surface area contributed by atoms with Crippen LogP contribution in [0.5, 0.6) is 5.75 Å². The van der Waals surface area contributed by atoms with Gasteiger partial charge in [0, 0.05) is 10.9 Å². The van der Waals surface area contributed by atoms with Gasteiger partial charge in [-0.05, 0) is 48.9 Å². The third kappa shape index (κ3) is 2.59. The van der Waals surface area contributed by atoms with Gasteiger partial charge in [-0.3, -0.25) is 4.79 Å². The number of rotatable bonds is 3. The molecule has 0 unspecified atom stereocenters.